The summed E-state index contributed by atoms with van der Waals surface area (Å²) in [6.45, 7) is 7.73. The summed E-state index contributed by atoms with van der Waals surface area (Å²) in [6.07, 6.45) is 3.75. The van der Waals surface area contributed by atoms with Crippen molar-refractivity contribution in [2.45, 2.75) is 45.6 Å². The lowest BCUT2D eigenvalue weighted by molar-refractivity contribution is 0.356. The molecule has 1 saturated carbocycles. The number of rotatable bonds is 4. The van der Waals surface area contributed by atoms with Gasteiger partial charge >= 0.3 is 0 Å². The second kappa shape index (κ2) is 4.34. The van der Waals surface area contributed by atoms with Crippen LogP contribution in [0.25, 0.3) is 0 Å². The number of hydrogen-bond acceptors (Lipinski definition) is 2. The largest absolute Gasteiger partial charge is 0.508 e. The molecule has 0 aromatic heterocycles. The first-order valence-corrected chi connectivity index (χ1v) is 6.42. The minimum atomic E-state index is 0.199. The Kier molecular flexibility index (Phi) is 3.17. The van der Waals surface area contributed by atoms with Crippen molar-refractivity contribution in [3.05, 3.63) is 29.8 Å². The highest BCUT2D eigenvalue weighted by Crippen LogP contribution is 2.48. The molecular weight excluding hydrogens is 210 g/mol. The van der Waals surface area contributed by atoms with Crippen LogP contribution < -0.4 is 5.32 Å². The highest BCUT2D eigenvalue weighted by Gasteiger charge is 2.42. The average molecular weight is 233 g/mol. The highest BCUT2D eigenvalue weighted by molar-refractivity contribution is 5.27. The monoisotopic (exact) mass is 233 g/mol. The number of hydrogen-bond donors (Lipinski definition) is 2. The zero-order chi connectivity index (χ0) is 12.5. The van der Waals surface area contributed by atoms with Gasteiger partial charge in [-0.2, -0.15) is 0 Å². The van der Waals surface area contributed by atoms with Crippen LogP contribution in [0.4, 0.5) is 0 Å². The smallest absolute Gasteiger partial charge is 0.115 e. The Morgan fingerprint density at radius 1 is 1.18 bits per heavy atom. The third-order valence-corrected chi connectivity index (χ3v) is 3.47. The molecule has 2 heteroatoms. The molecule has 0 bridgehead atoms. The van der Waals surface area contributed by atoms with Crippen LogP contribution in [0.1, 0.15) is 39.2 Å². The summed E-state index contributed by atoms with van der Waals surface area (Å²) in [7, 11) is 0. The van der Waals surface area contributed by atoms with Gasteiger partial charge in [-0.15, -0.1) is 0 Å². The Morgan fingerprint density at radius 2 is 1.76 bits per heavy atom. The van der Waals surface area contributed by atoms with E-state index < -0.39 is 0 Å². The van der Waals surface area contributed by atoms with Crippen molar-refractivity contribution in [2.24, 2.45) is 5.41 Å². The number of phenols is 1. The lowest BCUT2D eigenvalue weighted by Gasteiger charge is -2.25. The highest BCUT2D eigenvalue weighted by atomic mass is 16.3. The second-order valence-corrected chi connectivity index (χ2v) is 6.45. The van der Waals surface area contributed by atoms with Crippen LogP contribution in [0, 0.1) is 5.41 Å². The van der Waals surface area contributed by atoms with Gasteiger partial charge in [-0.25, -0.2) is 0 Å². The summed E-state index contributed by atoms with van der Waals surface area (Å²) in [5, 5.41) is 12.9. The Hall–Kier alpha value is -1.02. The molecule has 2 rings (SSSR count). The summed E-state index contributed by atoms with van der Waals surface area (Å²) in [5.74, 6) is 0.353. The Labute approximate surface area is 104 Å². The summed E-state index contributed by atoms with van der Waals surface area (Å²) < 4.78 is 0. The van der Waals surface area contributed by atoms with E-state index in [0.29, 0.717) is 11.2 Å². The summed E-state index contributed by atoms with van der Waals surface area (Å²) in [5.41, 5.74) is 1.99. The fourth-order valence-electron chi connectivity index (χ4n) is 2.09. The van der Waals surface area contributed by atoms with Crippen LogP contribution >= 0.6 is 0 Å². The molecule has 0 heterocycles. The van der Waals surface area contributed by atoms with Gasteiger partial charge in [0, 0.05) is 12.1 Å². The number of phenolic OH excluding ortho intramolecular Hbond substituents is 1. The molecule has 0 amide bonds. The third kappa shape index (κ3) is 3.74. The molecule has 0 aliphatic heterocycles. The van der Waals surface area contributed by atoms with E-state index in [1.807, 2.05) is 12.1 Å². The first-order chi connectivity index (χ1) is 7.89. The van der Waals surface area contributed by atoms with Crippen molar-refractivity contribution in [1.82, 2.24) is 5.32 Å². The third-order valence-electron chi connectivity index (χ3n) is 3.47. The van der Waals surface area contributed by atoms with Gasteiger partial charge in [-0.3, -0.25) is 0 Å². The molecule has 17 heavy (non-hydrogen) atoms. The van der Waals surface area contributed by atoms with E-state index in [1.54, 1.807) is 12.1 Å². The lowest BCUT2D eigenvalue weighted by Crippen LogP contribution is -2.40. The predicted octanol–water partition coefficient (Wildman–Crippen LogP) is 3.10. The van der Waals surface area contributed by atoms with Crippen LogP contribution in [-0.4, -0.2) is 17.2 Å². The Bertz CT molecular complexity index is 371. The first kappa shape index (κ1) is 12.4. The molecule has 0 spiro atoms. The van der Waals surface area contributed by atoms with E-state index in [2.05, 4.69) is 26.1 Å². The van der Waals surface area contributed by atoms with Crippen LogP contribution in [0.15, 0.2) is 24.3 Å². The zero-order valence-corrected chi connectivity index (χ0v) is 11.1. The number of nitrogens with one attached hydrogen (secondary N) is 1. The summed E-state index contributed by atoms with van der Waals surface area (Å²) in [6, 6.07) is 7.63. The lowest BCUT2D eigenvalue weighted by atomic mass is 9.95. The molecule has 1 aromatic rings. The normalized spacial score (nSPS) is 18.1. The fraction of sp³-hybridized carbons (Fsp3) is 0.600. The Morgan fingerprint density at radius 3 is 2.24 bits per heavy atom. The molecule has 0 saturated heterocycles. The quantitative estimate of drug-likeness (QED) is 0.837. The number of aromatic hydroxyl groups is 1. The fourth-order valence-corrected chi connectivity index (χ4v) is 2.09. The van der Waals surface area contributed by atoms with Crippen LogP contribution in [0.3, 0.4) is 0 Å². The van der Waals surface area contributed by atoms with Crippen molar-refractivity contribution >= 4 is 0 Å². The standard InChI is InChI=1S/C15H23NO/c1-14(2,3)16-11-15(8-9-15)10-12-4-6-13(17)7-5-12/h4-7,16-17H,8-11H2,1-3H3. The maximum atomic E-state index is 9.27. The molecule has 1 aromatic carbocycles. The van der Waals surface area contributed by atoms with Gasteiger partial charge in [0.2, 0.25) is 0 Å². The first-order valence-electron chi connectivity index (χ1n) is 6.42. The molecule has 2 nitrogen and oxygen atoms in total. The van der Waals surface area contributed by atoms with Gasteiger partial charge in [0.05, 0.1) is 0 Å². The van der Waals surface area contributed by atoms with Crippen molar-refractivity contribution in [1.29, 1.82) is 0 Å². The van der Waals surface area contributed by atoms with Crippen molar-refractivity contribution < 1.29 is 5.11 Å². The molecule has 0 radical (unpaired) electrons. The zero-order valence-electron chi connectivity index (χ0n) is 11.1. The molecule has 1 aliphatic rings. The van der Waals surface area contributed by atoms with E-state index in [9.17, 15) is 5.11 Å². The Balaban J connectivity index is 1.92. The van der Waals surface area contributed by atoms with Crippen LogP contribution in [-0.2, 0) is 6.42 Å². The van der Waals surface area contributed by atoms with Gasteiger partial charge in [0.15, 0.2) is 0 Å². The van der Waals surface area contributed by atoms with Gasteiger partial charge in [0.1, 0.15) is 5.75 Å². The molecule has 1 aliphatic carbocycles. The van der Waals surface area contributed by atoms with E-state index >= 15 is 0 Å². The van der Waals surface area contributed by atoms with Crippen LogP contribution in [0.5, 0.6) is 5.75 Å². The van der Waals surface area contributed by atoms with Crippen molar-refractivity contribution in [3.8, 4) is 5.75 Å². The molecule has 1 fully saturated rings. The van der Waals surface area contributed by atoms with Crippen LogP contribution in [0.2, 0.25) is 0 Å². The summed E-state index contributed by atoms with van der Waals surface area (Å²) >= 11 is 0. The average Bonchev–Trinajstić information content (AvgIpc) is 2.99. The van der Waals surface area contributed by atoms with E-state index in [4.69, 9.17) is 0 Å². The second-order valence-electron chi connectivity index (χ2n) is 6.45. The molecule has 0 unspecified atom stereocenters. The van der Waals surface area contributed by atoms with Crippen molar-refractivity contribution in [2.75, 3.05) is 6.54 Å². The molecular formula is C15H23NO. The maximum Gasteiger partial charge on any atom is 0.115 e. The minimum Gasteiger partial charge on any atom is -0.508 e. The van der Waals surface area contributed by atoms with Gasteiger partial charge in [-0.05, 0) is 63.1 Å². The van der Waals surface area contributed by atoms with E-state index in [0.717, 1.165) is 13.0 Å². The molecule has 0 atom stereocenters. The van der Waals surface area contributed by atoms with E-state index in [1.165, 1.54) is 18.4 Å². The van der Waals surface area contributed by atoms with Gasteiger partial charge in [-0.1, -0.05) is 12.1 Å². The van der Waals surface area contributed by atoms with Gasteiger partial charge < -0.3 is 10.4 Å². The summed E-state index contributed by atoms with van der Waals surface area (Å²) in [4.78, 5) is 0. The maximum absolute atomic E-state index is 9.27. The topological polar surface area (TPSA) is 32.3 Å². The van der Waals surface area contributed by atoms with E-state index in [-0.39, 0.29) is 5.54 Å². The van der Waals surface area contributed by atoms with Crippen molar-refractivity contribution in [3.63, 3.8) is 0 Å². The molecule has 94 valence electrons. The SMILES string of the molecule is CC(C)(C)NCC1(Cc2ccc(O)cc2)CC1. The number of benzene rings is 1. The van der Waals surface area contributed by atoms with Gasteiger partial charge in [0.25, 0.3) is 0 Å². The predicted molar refractivity (Wildman–Crippen MR) is 71.2 cm³/mol. The minimum absolute atomic E-state index is 0.199. The molecule has 2 N–H and O–H groups in total.